The lowest BCUT2D eigenvalue weighted by Crippen LogP contribution is -2.16. The molecule has 4 heteroatoms. The average Bonchev–Trinajstić information content (AvgIpc) is 3.05. The fourth-order valence-corrected chi connectivity index (χ4v) is 3.85. The molecule has 0 saturated carbocycles. The van der Waals surface area contributed by atoms with Gasteiger partial charge in [0.2, 0.25) is 0 Å². The summed E-state index contributed by atoms with van der Waals surface area (Å²) in [5.74, 6) is 1.63. The highest BCUT2D eigenvalue weighted by Crippen LogP contribution is 2.42. The van der Waals surface area contributed by atoms with Crippen molar-refractivity contribution in [3.05, 3.63) is 59.4 Å². The number of fused-ring (bicyclic) bond motifs is 1. The Morgan fingerprint density at radius 1 is 1.23 bits per heavy atom. The van der Waals surface area contributed by atoms with Crippen molar-refractivity contribution < 1.29 is 9.13 Å². The largest absolute Gasteiger partial charge is 0.485 e. The van der Waals surface area contributed by atoms with Crippen molar-refractivity contribution in [2.45, 2.75) is 23.8 Å². The highest BCUT2D eigenvalue weighted by Gasteiger charge is 2.23. The van der Waals surface area contributed by atoms with Crippen molar-refractivity contribution in [3.63, 3.8) is 0 Å². The van der Waals surface area contributed by atoms with Crippen molar-refractivity contribution in [1.29, 1.82) is 0 Å². The summed E-state index contributed by atoms with van der Waals surface area (Å²) in [4.78, 5) is 0.977. The molecule has 1 heterocycles. The van der Waals surface area contributed by atoms with Crippen LogP contribution in [0.3, 0.4) is 0 Å². The van der Waals surface area contributed by atoms with Gasteiger partial charge in [0.15, 0.2) is 0 Å². The molecular formula is C18H20FNOS. The molecule has 0 spiro atoms. The van der Waals surface area contributed by atoms with Crippen LogP contribution in [0.4, 0.5) is 4.39 Å². The van der Waals surface area contributed by atoms with E-state index in [2.05, 4.69) is 17.4 Å². The molecule has 0 saturated heterocycles. The van der Waals surface area contributed by atoms with Crippen LogP contribution in [-0.4, -0.2) is 19.3 Å². The predicted octanol–water partition coefficient (Wildman–Crippen LogP) is 4.20. The Balaban J connectivity index is 1.86. The monoisotopic (exact) mass is 317 g/mol. The fourth-order valence-electron chi connectivity index (χ4n) is 2.71. The molecule has 2 aromatic rings. The van der Waals surface area contributed by atoms with Gasteiger partial charge < -0.3 is 10.1 Å². The third-order valence-corrected chi connectivity index (χ3v) is 5.01. The second-order valence-electron chi connectivity index (χ2n) is 5.36. The minimum atomic E-state index is -0.112. The molecule has 0 unspecified atom stereocenters. The van der Waals surface area contributed by atoms with Gasteiger partial charge in [0.05, 0.1) is 4.90 Å². The molecule has 0 radical (unpaired) electrons. The van der Waals surface area contributed by atoms with E-state index in [1.54, 1.807) is 17.8 Å². The van der Waals surface area contributed by atoms with Crippen molar-refractivity contribution in [3.8, 4) is 5.75 Å². The second kappa shape index (κ2) is 7.16. The number of hydrogen-bond donors (Lipinski definition) is 1. The maximum Gasteiger partial charge on any atom is 0.134 e. The summed E-state index contributed by atoms with van der Waals surface area (Å²) >= 11 is 1.69. The fraction of sp³-hybridized carbons (Fsp3) is 0.333. The molecule has 22 heavy (non-hydrogen) atoms. The summed E-state index contributed by atoms with van der Waals surface area (Å²) in [5, 5.41) is 3.17. The zero-order valence-electron chi connectivity index (χ0n) is 12.6. The van der Waals surface area contributed by atoms with Crippen LogP contribution in [-0.2, 0) is 6.42 Å². The third kappa shape index (κ3) is 3.28. The Morgan fingerprint density at radius 2 is 2.05 bits per heavy atom. The summed E-state index contributed by atoms with van der Waals surface area (Å²) in [7, 11) is 1.94. The van der Waals surface area contributed by atoms with E-state index in [1.807, 2.05) is 25.2 Å². The minimum Gasteiger partial charge on any atom is -0.485 e. The molecular weight excluding hydrogens is 297 g/mol. The first-order valence-corrected chi connectivity index (χ1v) is 8.58. The van der Waals surface area contributed by atoms with Crippen LogP contribution in [0.25, 0.3) is 0 Å². The third-order valence-electron chi connectivity index (χ3n) is 3.86. The molecule has 0 aliphatic carbocycles. The number of halogens is 1. The average molecular weight is 317 g/mol. The number of hydrogen-bond acceptors (Lipinski definition) is 3. The van der Waals surface area contributed by atoms with E-state index in [9.17, 15) is 4.39 Å². The summed E-state index contributed by atoms with van der Waals surface area (Å²) in [5.41, 5.74) is 1.96. The van der Waals surface area contributed by atoms with Gasteiger partial charge >= 0.3 is 0 Å². The summed E-state index contributed by atoms with van der Waals surface area (Å²) in [6.07, 6.45) is 1.64. The molecule has 2 nitrogen and oxygen atoms in total. The highest BCUT2D eigenvalue weighted by molar-refractivity contribution is 7.99. The number of rotatable bonds is 6. The van der Waals surface area contributed by atoms with Crippen LogP contribution < -0.4 is 10.1 Å². The van der Waals surface area contributed by atoms with E-state index in [0.29, 0.717) is 0 Å². The van der Waals surface area contributed by atoms with Crippen LogP contribution in [0.5, 0.6) is 5.75 Å². The first-order valence-electron chi connectivity index (χ1n) is 7.60. The van der Waals surface area contributed by atoms with Crippen LogP contribution >= 0.6 is 11.8 Å². The molecule has 1 aliphatic heterocycles. The summed E-state index contributed by atoms with van der Waals surface area (Å²) < 4.78 is 20.1. The van der Waals surface area contributed by atoms with Gasteiger partial charge in [-0.3, -0.25) is 0 Å². The molecule has 1 atom stereocenters. The topological polar surface area (TPSA) is 21.3 Å². The van der Waals surface area contributed by atoms with Crippen LogP contribution in [0.15, 0.2) is 47.4 Å². The van der Waals surface area contributed by atoms with Gasteiger partial charge in [-0.2, -0.15) is 0 Å². The Kier molecular flexibility index (Phi) is 5.01. The van der Waals surface area contributed by atoms with E-state index < -0.39 is 0 Å². The van der Waals surface area contributed by atoms with Crippen molar-refractivity contribution in [2.24, 2.45) is 0 Å². The van der Waals surface area contributed by atoms with Gasteiger partial charge in [-0.1, -0.05) is 30.3 Å². The lowest BCUT2D eigenvalue weighted by Gasteiger charge is -2.21. The Labute approximate surface area is 135 Å². The van der Waals surface area contributed by atoms with E-state index in [0.717, 1.165) is 46.9 Å². The first-order chi connectivity index (χ1) is 10.8. The number of thioether (sulfide) groups is 1. The molecule has 1 N–H and O–H groups in total. The SMILES string of the molecule is CNCC[C@@H](Oc1ccc(F)c2c1SCC2)c1ccccc1. The number of nitrogens with one attached hydrogen (secondary N) is 1. The Morgan fingerprint density at radius 3 is 2.82 bits per heavy atom. The zero-order valence-corrected chi connectivity index (χ0v) is 13.5. The normalized spacial score (nSPS) is 14.6. The Hall–Kier alpha value is -1.52. The molecule has 3 rings (SSSR count). The molecule has 116 valence electrons. The lowest BCUT2D eigenvalue weighted by molar-refractivity contribution is 0.189. The molecule has 0 amide bonds. The van der Waals surface area contributed by atoms with E-state index in [-0.39, 0.29) is 11.9 Å². The van der Waals surface area contributed by atoms with Crippen molar-refractivity contribution in [2.75, 3.05) is 19.3 Å². The number of ether oxygens (including phenoxy) is 1. The maximum absolute atomic E-state index is 13.9. The van der Waals surface area contributed by atoms with Crippen molar-refractivity contribution >= 4 is 11.8 Å². The van der Waals surface area contributed by atoms with E-state index in [1.165, 1.54) is 6.07 Å². The molecule has 0 fully saturated rings. The molecule has 1 aliphatic rings. The molecule has 0 bridgehead atoms. The standard InChI is InChI=1S/C18H20FNOS/c1-20-11-9-16(13-5-3-2-4-6-13)21-17-8-7-15(19)14-10-12-22-18(14)17/h2-8,16,20H,9-12H2,1H3/t16-/m1/s1. The predicted molar refractivity (Wildman–Crippen MR) is 89.2 cm³/mol. The number of benzene rings is 2. The smallest absolute Gasteiger partial charge is 0.134 e. The zero-order chi connectivity index (χ0) is 15.4. The van der Waals surface area contributed by atoms with Crippen LogP contribution in [0, 0.1) is 5.82 Å². The van der Waals surface area contributed by atoms with Crippen molar-refractivity contribution in [1.82, 2.24) is 5.32 Å². The minimum absolute atomic E-state index is 0.0237. The van der Waals surface area contributed by atoms with Gasteiger partial charge in [-0.05, 0) is 37.7 Å². The van der Waals surface area contributed by atoms with Gasteiger partial charge in [-0.15, -0.1) is 11.8 Å². The maximum atomic E-state index is 13.9. The van der Waals surface area contributed by atoms with Gasteiger partial charge in [0.25, 0.3) is 0 Å². The Bertz CT molecular complexity index is 632. The van der Waals surface area contributed by atoms with Gasteiger partial charge in [-0.25, -0.2) is 4.39 Å². The summed E-state index contributed by atoms with van der Waals surface area (Å²) in [6.45, 7) is 0.871. The van der Waals surface area contributed by atoms with Crippen LogP contribution in [0.2, 0.25) is 0 Å². The molecule has 0 aromatic heterocycles. The lowest BCUT2D eigenvalue weighted by atomic mass is 10.1. The quantitative estimate of drug-likeness (QED) is 0.862. The van der Waals surface area contributed by atoms with E-state index in [4.69, 9.17) is 4.74 Å². The second-order valence-corrected chi connectivity index (χ2v) is 6.47. The summed E-state index contributed by atoms with van der Waals surface area (Å²) in [6, 6.07) is 13.5. The van der Waals surface area contributed by atoms with E-state index >= 15 is 0 Å². The van der Waals surface area contributed by atoms with Gasteiger partial charge in [0, 0.05) is 17.7 Å². The first kappa shape index (κ1) is 15.4. The highest BCUT2D eigenvalue weighted by atomic mass is 32.2. The van der Waals surface area contributed by atoms with Crippen LogP contribution in [0.1, 0.15) is 23.7 Å². The van der Waals surface area contributed by atoms with Gasteiger partial charge in [0.1, 0.15) is 17.7 Å². The molecule has 2 aromatic carbocycles.